The SMILES string of the molecule is O=C(CCSc1nc(O)cc(=O)[nH]1)Nc1ccc(Cl)cc1Cl. The Hall–Kier alpha value is -1.70. The lowest BCUT2D eigenvalue weighted by Gasteiger charge is -2.07. The van der Waals surface area contributed by atoms with E-state index in [1.165, 1.54) is 6.07 Å². The van der Waals surface area contributed by atoms with Crippen molar-refractivity contribution in [3.63, 3.8) is 0 Å². The van der Waals surface area contributed by atoms with Gasteiger partial charge in [-0.25, -0.2) is 0 Å². The molecule has 116 valence electrons. The lowest BCUT2D eigenvalue weighted by molar-refractivity contribution is -0.115. The number of aromatic hydroxyl groups is 1. The highest BCUT2D eigenvalue weighted by atomic mass is 35.5. The van der Waals surface area contributed by atoms with Crippen LogP contribution in [0.15, 0.2) is 34.2 Å². The Morgan fingerprint density at radius 1 is 1.36 bits per heavy atom. The number of benzene rings is 1. The van der Waals surface area contributed by atoms with Crippen LogP contribution in [0.2, 0.25) is 10.0 Å². The molecule has 6 nitrogen and oxygen atoms in total. The first-order chi connectivity index (χ1) is 10.4. The van der Waals surface area contributed by atoms with Gasteiger partial charge in [-0.15, -0.1) is 0 Å². The van der Waals surface area contributed by atoms with E-state index in [0.717, 1.165) is 17.8 Å². The van der Waals surface area contributed by atoms with Gasteiger partial charge in [0.15, 0.2) is 5.16 Å². The summed E-state index contributed by atoms with van der Waals surface area (Å²) in [6.45, 7) is 0. The van der Waals surface area contributed by atoms with Crippen LogP contribution in [0, 0.1) is 0 Å². The third-order valence-electron chi connectivity index (χ3n) is 2.48. The van der Waals surface area contributed by atoms with E-state index >= 15 is 0 Å². The number of aromatic nitrogens is 2. The molecule has 0 aliphatic rings. The van der Waals surface area contributed by atoms with Gasteiger partial charge >= 0.3 is 0 Å². The second kappa shape index (κ2) is 7.53. The lowest BCUT2D eigenvalue weighted by Crippen LogP contribution is -2.13. The molecule has 2 rings (SSSR count). The largest absolute Gasteiger partial charge is 0.493 e. The summed E-state index contributed by atoms with van der Waals surface area (Å²) >= 11 is 12.9. The lowest BCUT2D eigenvalue weighted by atomic mass is 10.3. The summed E-state index contributed by atoms with van der Waals surface area (Å²) in [7, 11) is 0. The first kappa shape index (κ1) is 16.7. The molecule has 2 aromatic rings. The number of carbonyl (C=O) groups is 1. The summed E-state index contributed by atoms with van der Waals surface area (Å²) in [4.78, 5) is 29.1. The van der Waals surface area contributed by atoms with E-state index < -0.39 is 5.56 Å². The minimum atomic E-state index is -0.451. The van der Waals surface area contributed by atoms with E-state index in [1.54, 1.807) is 12.1 Å². The molecule has 0 saturated heterocycles. The van der Waals surface area contributed by atoms with Gasteiger partial charge in [0.05, 0.1) is 16.8 Å². The first-order valence-electron chi connectivity index (χ1n) is 6.12. The van der Waals surface area contributed by atoms with Crippen molar-refractivity contribution in [2.45, 2.75) is 11.6 Å². The number of amides is 1. The van der Waals surface area contributed by atoms with Gasteiger partial charge < -0.3 is 15.4 Å². The Labute approximate surface area is 139 Å². The Balaban J connectivity index is 1.86. The number of nitrogens with zero attached hydrogens (tertiary/aromatic N) is 1. The highest BCUT2D eigenvalue weighted by Crippen LogP contribution is 2.25. The number of hydrogen-bond donors (Lipinski definition) is 3. The Bertz CT molecular complexity index is 752. The molecule has 0 saturated carbocycles. The fraction of sp³-hybridized carbons (Fsp3) is 0.154. The van der Waals surface area contributed by atoms with Crippen LogP contribution in [0.1, 0.15) is 6.42 Å². The summed E-state index contributed by atoms with van der Waals surface area (Å²) in [6, 6.07) is 5.75. The maximum Gasteiger partial charge on any atom is 0.255 e. The van der Waals surface area contributed by atoms with Crippen molar-refractivity contribution in [3.05, 3.63) is 44.7 Å². The number of carbonyl (C=O) groups excluding carboxylic acids is 1. The minimum absolute atomic E-state index is 0.184. The summed E-state index contributed by atoms with van der Waals surface area (Å²) in [5.41, 5.74) is 0.0253. The summed E-state index contributed by atoms with van der Waals surface area (Å²) in [5.74, 6) is -0.216. The molecule has 3 N–H and O–H groups in total. The number of nitrogens with one attached hydrogen (secondary N) is 2. The van der Waals surface area contributed by atoms with Crippen LogP contribution in [0.4, 0.5) is 5.69 Å². The number of rotatable bonds is 5. The standard InChI is InChI=1S/C13H11Cl2N3O3S/c14-7-1-2-9(8(15)5-7)16-10(19)3-4-22-13-17-11(20)6-12(21)18-13/h1-2,5-6H,3-4H2,(H,16,19)(H2,17,18,20,21). The third kappa shape index (κ3) is 4.94. The summed E-state index contributed by atoms with van der Waals surface area (Å²) in [5, 5.41) is 13.0. The molecule has 0 atom stereocenters. The van der Waals surface area contributed by atoms with Crippen LogP contribution in [0.25, 0.3) is 0 Å². The fourth-order valence-electron chi connectivity index (χ4n) is 1.54. The quantitative estimate of drug-likeness (QED) is 0.563. The number of hydrogen-bond acceptors (Lipinski definition) is 5. The average molecular weight is 360 g/mol. The molecule has 1 heterocycles. The van der Waals surface area contributed by atoms with Gasteiger partial charge in [0.1, 0.15) is 0 Å². The molecular formula is C13H11Cl2N3O3S. The second-order valence-corrected chi connectivity index (χ2v) is 6.11. The monoisotopic (exact) mass is 359 g/mol. The van der Waals surface area contributed by atoms with E-state index in [4.69, 9.17) is 23.2 Å². The number of H-pyrrole nitrogens is 1. The molecule has 1 aromatic carbocycles. The molecule has 0 aliphatic carbocycles. The first-order valence-corrected chi connectivity index (χ1v) is 7.86. The highest BCUT2D eigenvalue weighted by molar-refractivity contribution is 7.99. The maximum atomic E-state index is 11.8. The molecule has 0 aliphatic heterocycles. The van der Waals surface area contributed by atoms with Crippen molar-refractivity contribution >= 4 is 46.6 Å². The van der Waals surface area contributed by atoms with Gasteiger partial charge in [-0.1, -0.05) is 35.0 Å². The molecule has 0 fully saturated rings. The molecule has 0 spiro atoms. The predicted molar refractivity (Wildman–Crippen MR) is 87.0 cm³/mol. The summed E-state index contributed by atoms with van der Waals surface area (Å²) < 4.78 is 0. The Morgan fingerprint density at radius 2 is 2.14 bits per heavy atom. The fourth-order valence-corrected chi connectivity index (χ4v) is 2.80. The number of aromatic amines is 1. The van der Waals surface area contributed by atoms with Crippen LogP contribution in [0.5, 0.6) is 5.88 Å². The van der Waals surface area contributed by atoms with Crippen LogP contribution >= 0.6 is 35.0 Å². The highest BCUT2D eigenvalue weighted by Gasteiger charge is 2.08. The average Bonchev–Trinajstić information content (AvgIpc) is 2.41. The van der Waals surface area contributed by atoms with E-state index in [0.29, 0.717) is 21.5 Å². The minimum Gasteiger partial charge on any atom is -0.493 e. The van der Waals surface area contributed by atoms with E-state index in [2.05, 4.69) is 15.3 Å². The second-order valence-electron chi connectivity index (χ2n) is 4.18. The third-order valence-corrected chi connectivity index (χ3v) is 3.90. The van der Waals surface area contributed by atoms with Gasteiger partial charge in [-0.05, 0) is 18.2 Å². The number of halogens is 2. The van der Waals surface area contributed by atoms with Gasteiger partial charge in [-0.2, -0.15) is 4.98 Å². The van der Waals surface area contributed by atoms with Gasteiger partial charge in [0.2, 0.25) is 11.8 Å². The molecule has 0 bridgehead atoms. The molecule has 0 unspecified atom stereocenters. The van der Waals surface area contributed by atoms with Crippen molar-refractivity contribution in [1.82, 2.24) is 9.97 Å². The number of thioether (sulfide) groups is 1. The van der Waals surface area contributed by atoms with Crippen molar-refractivity contribution in [2.75, 3.05) is 11.1 Å². The molecule has 1 amide bonds. The zero-order valence-electron chi connectivity index (χ0n) is 11.1. The summed E-state index contributed by atoms with van der Waals surface area (Å²) in [6.07, 6.45) is 0.184. The smallest absolute Gasteiger partial charge is 0.255 e. The zero-order chi connectivity index (χ0) is 16.1. The van der Waals surface area contributed by atoms with Gasteiger partial charge in [-0.3, -0.25) is 9.59 Å². The molecular weight excluding hydrogens is 349 g/mol. The van der Waals surface area contributed by atoms with E-state index in [9.17, 15) is 14.7 Å². The van der Waals surface area contributed by atoms with Crippen LogP contribution in [0.3, 0.4) is 0 Å². The van der Waals surface area contributed by atoms with E-state index in [-0.39, 0.29) is 23.4 Å². The molecule has 9 heteroatoms. The normalized spacial score (nSPS) is 10.5. The van der Waals surface area contributed by atoms with Crippen molar-refractivity contribution < 1.29 is 9.90 Å². The Kier molecular flexibility index (Phi) is 5.70. The van der Waals surface area contributed by atoms with Crippen LogP contribution in [-0.2, 0) is 4.79 Å². The Morgan fingerprint density at radius 3 is 2.82 bits per heavy atom. The maximum absolute atomic E-state index is 11.8. The van der Waals surface area contributed by atoms with Crippen molar-refractivity contribution in [3.8, 4) is 5.88 Å². The molecule has 1 aromatic heterocycles. The van der Waals surface area contributed by atoms with Gasteiger partial charge in [0.25, 0.3) is 5.56 Å². The number of anilines is 1. The predicted octanol–water partition coefficient (Wildman–Crippen LogP) is 2.90. The van der Waals surface area contributed by atoms with Gasteiger partial charge in [0, 0.05) is 17.2 Å². The molecule has 22 heavy (non-hydrogen) atoms. The van der Waals surface area contributed by atoms with Crippen molar-refractivity contribution in [1.29, 1.82) is 0 Å². The topological polar surface area (TPSA) is 95.1 Å². The molecule has 0 radical (unpaired) electrons. The van der Waals surface area contributed by atoms with Crippen LogP contribution in [-0.4, -0.2) is 26.7 Å². The van der Waals surface area contributed by atoms with Crippen molar-refractivity contribution in [2.24, 2.45) is 0 Å². The zero-order valence-corrected chi connectivity index (χ0v) is 13.4. The van der Waals surface area contributed by atoms with E-state index in [1.807, 2.05) is 0 Å². The van der Waals surface area contributed by atoms with Crippen LogP contribution < -0.4 is 10.9 Å².